The molecule has 0 spiro atoms. The van der Waals surface area contributed by atoms with E-state index in [1.54, 1.807) is 14.2 Å². The van der Waals surface area contributed by atoms with E-state index >= 15 is 0 Å². The van der Waals surface area contributed by atoms with Crippen LogP contribution in [0.25, 0.3) is 0 Å². The zero-order valence-electron chi connectivity index (χ0n) is 10.1. The molecular weight excluding hydrogens is 164 g/mol. The van der Waals surface area contributed by atoms with Crippen molar-refractivity contribution in [1.82, 2.24) is 0 Å². The van der Waals surface area contributed by atoms with Gasteiger partial charge in [0.05, 0.1) is 12.7 Å². The van der Waals surface area contributed by atoms with Gasteiger partial charge in [0.2, 0.25) is 0 Å². The van der Waals surface area contributed by atoms with Crippen molar-refractivity contribution in [2.45, 2.75) is 40.7 Å². The Labute approximate surface area is 82.6 Å². The van der Waals surface area contributed by atoms with E-state index in [4.69, 9.17) is 9.47 Å². The van der Waals surface area contributed by atoms with Gasteiger partial charge >= 0.3 is 0 Å². The van der Waals surface area contributed by atoms with Gasteiger partial charge in [-0.25, -0.2) is 0 Å². The number of hydrogen-bond donors (Lipinski definition) is 0. The lowest BCUT2D eigenvalue weighted by Gasteiger charge is -2.41. The van der Waals surface area contributed by atoms with E-state index in [0.717, 1.165) is 6.61 Å². The topological polar surface area (TPSA) is 18.5 Å². The third kappa shape index (κ3) is 3.65. The quantitative estimate of drug-likeness (QED) is 0.675. The molecule has 0 aromatic rings. The first kappa shape index (κ1) is 12.9. The first-order chi connectivity index (χ1) is 5.75. The van der Waals surface area contributed by atoms with E-state index < -0.39 is 0 Å². The van der Waals surface area contributed by atoms with Crippen LogP contribution in [-0.4, -0.2) is 26.9 Å². The molecule has 2 nitrogen and oxygen atoms in total. The Morgan fingerprint density at radius 2 is 1.46 bits per heavy atom. The molecule has 0 saturated heterocycles. The summed E-state index contributed by atoms with van der Waals surface area (Å²) in [6, 6.07) is 0. The fourth-order valence-electron chi connectivity index (χ4n) is 2.29. The molecule has 0 bridgehead atoms. The molecule has 0 aliphatic carbocycles. The Kier molecular flexibility index (Phi) is 4.40. The van der Waals surface area contributed by atoms with Crippen molar-refractivity contribution in [1.29, 1.82) is 0 Å². The second-order valence-corrected chi connectivity index (χ2v) is 5.40. The van der Waals surface area contributed by atoms with E-state index in [1.807, 2.05) is 0 Å². The minimum absolute atomic E-state index is 0.0573. The lowest BCUT2D eigenvalue weighted by molar-refractivity contribution is -0.0898. The Morgan fingerprint density at radius 1 is 1.00 bits per heavy atom. The van der Waals surface area contributed by atoms with Crippen LogP contribution in [0.2, 0.25) is 0 Å². The van der Waals surface area contributed by atoms with Crippen LogP contribution < -0.4 is 0 Å². The maximum absolute atomic E-state index is 5.55. The smallest absolute Gasteiger partial charge is 0.0692 e. The summed E-state index contributed by atoms with van der Waals surface area (Å²) in [6.45, 7) is 11.7. The van der Waals surface area contributed by atoms with Crippen molar-refractivity contribution in [3.63, 3.8) is 0 Å². The SMILES string of the molecule is COCC(C)(C)[C@@H](OC)C(C)(C)C. The van der Waals surface area contributed by atoms with E-state index in [1.165, 1.54) is 0 Å². The van der Waals surface area contributed by atoms with Gasteiger partial charge in [-0.3, -0.25) is 0 Å². The lowest BCUT2D eigenvalue weighted by Crippen LogP contribution is -2.44. The number of rotatable bonds is 4. The summed E-state index contributed by atoms with van der Waals surface area (Å²) >= 11 is 0. The molecule has 0 fully saturated rings. The van der Waals surface area contributed by atoms with Crippen molar-refractivity contribution >= 4 is 0 Å². The van der Waals surface area contributed by atoms with Gasteiger partial charge in [0.1, 0.15) is 0 Å². The summed E-state index contributed by atoms with van der Waals surface area (Å²) in [4.78, 5) is 0. The number of ether oxygens (including phenoxy) is 2. The van der Waals surface area contributed by atoms with Crippen LogP contribution in [0.3, 0.4) is 0 Å². The summed E-state index contributed by atoms with van der Waals surface area (Å²) in [7, 11) is 3.50. The Bertz CT molecular complexity index is 145. The Hall–Kier alpha value is -0.0800. The van der Waals surface area contributed by atoms with E-state index in [2.05, 4.69) is 34.6 Å². The second kappa shape index (κ2) is 4.43. The fraction of sp³-hybridized carbons (Fsp3) is 1.00. The van der Waals surface area contributed by atoms with Crippen molar-refractivity contribution in [3.05, 3.63) is 0 Å². The lowest BCUT2D eigenvalue weighted by atomic mass is 9.73. The first-order valence-corrected chi connectivity index (χ1v) is 4.77. The summed E-state index contributed by atoms with van der Waals surface area (Å²) in [5.41, 5.74) is 0.207. The molecule has 0 aliphatic heterocycles. The highest BCUT2D eigenvalue weighted by atomic mass is 16.5. The zero-order valence-corrected chi connectivity index (χ0v) is 10.1. The van der Waals surface area contributed by atoms with Gasteiger partial charge < -0.3 is 9.47 Å². The average Bonchev–Trinajstić information content (AvgIpc) is 1.83. The van der Waals surface area contributed by atoms with Gasteiger partial charge in [0, 0.05) is 19.6 Å². The highest BCUT2D eigenvalue weighted by Gasteiger charge is 2.38. The largest absolute Gasteiger partial charge is 0.384 e. The Morgan fingerprint density at radius 3 is 1.69 bits per heavy atom. The third-order valence-electron chi connectivity index (χ3n) is 2.25. The van der Waals surface area contributed by atoms with Gasteiger partial charge in [-0.2, -0.15) is 0 Å². The van der Waals surface area contributed by atoms with Crippen molar-refractivity contribution < 1.29 is 9.47 Å². The molecule has 0 N–H and O–H groups in total. The van der Waals surface area contributed by atoms with Gasteiger partial charge in [0.25, 0.3) is 0 Å². The highest BCUT2D eigenvalue weighted by Crippen LogP contribution is 2.36. The minimum atomic E-state index is 0.0573. The monoisotopic (exact) mass is 188 g/mol. The molecule has 2 heteroatoms. The van der Waals surface area contributed by atoms with E-state index in [9.17, 15) is 0 Å². The molecule has 1 atom stereocenters. The van der Waals surface area contributed by atoms with Gasteiger partial charge in [-0.15, -0.1) is 0 Å². The predicted molar refractivity (Wildman–Crippen MR) is 55.9 cm³/mol. The maximum Gasteiger partial charge on any atom is 0.0692 e. The maximum atomic E-state index is 5.55. The molecular formula is C11H24O2. The number of methoxy groups -OCH3 is 2. The van der Waals surface area contributed by atoms with Crippen LogP contribution in [0.15, 0.2) is 0 Å². The van der Waals surface area contributed by atoms with E-state index in [0.29, 0.717) is 0 Å². The molecule has 0 aromatic carbocycles. The van der Waals surface area contributed by atoms with Crippen LogP contribution in [0.1, 0.15) is 34.6 Å². The van der Waals surface area contributed by atoms with E-state index in [-0.39, 0.29) is 16.9 Å². The summed E-state index contributed by atoms with van der Waals surface area (Å²) in [6.07, 6.45) is 0.208. The molecule has 0 heterocycles. The Balaban J connectivity index is 4.56. The molecule has 0 rings (SSSR count). The average molecular weight is 188 g/mol. The highest BCUT2D eigenvalue weighted by molar-refractivity contribution is 4.87. The van der Waals surface area contributed by atoms with Crippen LogP contribution in [-0.2, 0) is 9.47 Å². The van der Waals surface area contributed by atoms with Crippen molar-refractivity contribution in [2.24, 2.45) is 10.8 Å². The normalized spacial score (nSPS) is 15.9. The molecule has 13 heavy (non-hydrogen) atoms. The molecule has 0 aliphatic rings. The summed E-state index contributed by atoms with van der Waals surface area (Å²) < 4.78 is 10.8. The first-order valence-electron chi connectivity index (χ1n) is 4.77. The third-order valence-corrected chi connectivity index (χ3v) is 2.25. The minimum Gasteiger partial charge on any atom is -0.384 e. The molecule has 80 valence electrons. The second-order valence-electron chi connectivity index (χ2n) is 5.40. The molecule has 0 radical (unpaired) electrons. The van der Waals surface area contributed by atoms with Gasteiger partial charge in [0.15, 0.2) is 0 Å². The van der Waals surface area contributed by atoms with Crippen LogP contribution >= 0.6 is 0 Å². The zero-order chi connectivity index (χ0) is 10.7. The van der Waals surface area contributed by atoms with Crippen LogP contribution in [0, 0.1) is 10.8 Å². The van der Waals surface area contributed by atoms with Crippen LogP contribution in [0.4, 0.5) is 0 Å². The van der Waals surface area contributed by atoms with Gasteiger partial charge in [-0.1, -0.05) is 34.6 Å². The van der Waals surface area contributed by atoms with Crippen molar-refractivity contribution in [3.8, 4) is 0 Å². The van der Waals surface area contributed by atoms with Crippen molar-refractivity contribution in [2.75, 3.05) is 20.8 Å². The fourth-order valence-corrected chi connectivity index (χ4v) is 2.29. The van der Waals surface area contributed by atoms with Gasteiger partial charge in [-0.05, 0) is 5.41 Å². The molecule has 0 saturated carbocycles. The standard InChI is InChI=1S/C11H24O2/c1-10(2,3)9(13-7)11(4,5)8-12-6/h9H,8H2,1-7H3/t9-/m0/s1. The molecule has 0 amide bonds. The number of hydrogen-bond acceptors (Lipinski definition) is 2. The predicted octanol–water partition coefficient (Wildman–Crippen LogP) is 2.72. The summed E-state index contributed by atoms with van der Waals surface area (Å²) in [5.74, 6) is 0. The molecule has 0 unspecified atom stereocenters. The van der Waals surface area contributed by atoms with Crippen LogP contribution in [0.5, 0.6) is 0 Å². The molecule has 0 aromatic heterocycles. The summed E-state index contributed by atoms with van der Waals surface area (Å²) in [5, 5.41) is 0.